The van der Waals surface area contributed by atoms with Crippen LogP contribution in [0.5, 0.6) is 0 Å². The number of hydrogen-bond acceptors (Lipinski definition) is 2. The van der Waals surface area contributed by atoms with Gasteiger partial charge in [0.05, 0.1) is 21.9 Å². The lowest BCUT2D eigenvalue weighted by molar-refractivity contribution is 0.129. The molecule has 1 N–H and O–H groups in total. The molecule has 2 aromatic rings. The SMILES string of the molecule is O=C(O)N1CCC(C=Cc2c(C3CC3)cnn2-c2c(Cl)cccc2Cl)CC1. The fraction of sp³-hybridized carbons (Fsp3) is 0.400. The maximum Gasteiger partial charge on any atom is 0.407 e. The standard InChI is InChI=1S/C20H21Cl2N3O2/c21-16-2-1-3-17(22)19(16)25-18(15(12-23-25)14-5-6-14)7-4-13-8-10-24(11-9-13)20(26)27/h1-4,7,12-14H,5-6,8-11H2,(H,26,27). The van der Waals surface area contributed by atoms with Gasteiger partial charge in [0.25, 0.3) is 0 Å². The summed E-state index contributed by atoms with van der Waals surface area (Å²) in [7, 11) is 0. The van der Waals surface area contributed by atoms with Crippen molar-refractivity contribution in [2.45, 2.75) is 31.6 Å². The lowest BCUT2D eigenvalue weighted by atomic mass is 9.96. The molecule has 4 rings (SSSR count). The summed E-state index contributed by atoms with van der Waals surface area (Å²) in [5.41, 5.74) is 2.95. The van der Waals surface area contributed by atoms with Gasteiger partial charge in [0, 0.05) is 18.7 Å². The van der Waals surface area contributed by atoms with E-state index in [1.165, 1.54) is 23.3 Å². The van der Waals surface area contributed by atoms with Crippen LogP contribution in [0.3, 0.4) is 0 Å². The summed E-state index contributed by atoms with van der Waals surface area (Å²) in [6.07, 6.45) is 9.42. The Labute approximate surface area is 168 Å². The van der Waals surface area contributed by atoms with Crippen LogP contribution in [0.2, 0.25) is 10.0 Å². The molecule has 0 radical (unpaired) electrons. The Morgan fingerprint density at radius 3 is 2.41 bits per heavy atom. The number of para-hydroxylation sites is 1. The van der Waals surface area contributed by atoms with E-state index in [2.05, 4.69) is 17.3 Å². The summed E-state index contributed by atoms with van der Waals surface area (Å²) in [6.45, 7) is 1.16. The minimum atomic E-state index is -0.833. The molecule has 1 aliphatic heterocycles. The van der Waals surface area contributed by atoms with E-state index in [-0.39, 0.29) is 0 Å². The number of carbonyl (C=O) groups is 1. The van der Waals surface area contributed by atoms with Crippen LogP contribution in [-0.4, -0.2) is 39.0 Å². The van der Waals surface area contributed by atoms with Crippen molar-refractivity contribution in [1.29, 1.82) is 0 Å². The number of allylic oxidation sites excluding steroid dienone is 1. The van der Waals surface area contributed by atoms with Gasteiger partial charge in [0.2, 0.25) is 0 Å². The summed E-state index contributed by atoms with van der Waals surface area (Å²) in [5, 5.41) is 14.8. The van der Waals surface area contributed by atoms with E-state index in [0.717, 1.165) is 18.5 Å². The molecule has 0 bridgehead atoms. The highest BCUT2D eigenvalue weighted by Crippen LogP contribution is 2.43. The van der Waals surface area contributed by atoms with Gasteiger partial charge in [-0.3, -0.25) is 0 Å². The normalized spacial score (nSPS) is 18.4. The number of nitrogens with zero attached hydrogens (tertiary/aromatic N) is 3. The number of aromatic nitrogens is 2. The third-order valence-electron chi connectivity index (χ3n) is 5.34. The first-order chi connectivity index (χ1) is 13.0. The highest BCUT2D eigenvalue weighted by molar-refractivity contribution is 6.37. The monoisotopic (exact) mass is 405 g/mol. The summed E-state index contributed by atoms with van der Waals surface area (Å²) < 4.78 is 1.83. The van der Waals surface area contributed by atoms with Gasteiger partial charge >= 0.3 is 6.09 Å². The molecule has 1 amide bonds. The van der Waals surface area contributed by atoms with E-state index in [9.17, 15) is 4.79 Å². The molecule has 2 aliphatic rings. The van der Waals surface area contributed by atoms with Crippen LogP contribution in [0, 0.1) is 5.92 Å². The van der Waals surface area contributed by atoms with Crippen molar-refractivity contribution in [3.63, 3.8) is 0 Å². The Balaban J connectivity index is 1.62. The van der Waals surface area contributed by atoms with E-state index in [1.807, 2.05) is 29.1 Å². The molecule has 0 unspecified atom stereocenters. The molecule has 2 fully saturated rings. The van der Waals surface area contributed by atoms with Crippen LogP contribution in [0.4, 0.5) is 4.79 Å². The highest BCUT2D eigenvalue weighted by Gasteiger charge is 2.29. The molecule has 1 saturated heterocycles. The molecular formula is C20H21Cl2N3O2. The minimum absolute atomic E-state index is 0.359. The number of carboxylic acid groups (broad SMARTS) is 1. The van der Waals surface area contributed by atoms with Gasteiger partial charge in [0.15, 0.2) is 0 Å². The first-order valence-corrected chi connectivity index (χ1v) is 9.98. The van der Waals surface area contributed by atoms with Crippen LogP contribution in [0.25, 0.3) is 11.8 Å². The van der Waals surface area contributed by atoms with E-state index >= 15 is 0 Å². The van der Waals surface area contributed by atoms with Crippen LogP contribution < -0.4 is 0 Å². The summed E-state index contributed by atoms with van der Waals surface area (Å²) in [4.78, 5) is 12.5. The average molecular weight is 406 g/mol. The number of piperidine rings is 1. The number of benzene rings is 1. The minimum Gasteiger partial charge on any atom is -0.465 e. The second kappa shape index (κ2) is 7.56. The number of halogens is 2. The molecule has 1 aliphatic carbocycles. The third kappa shape index (κ3) is 3.85. The number of hydrogen-bond donors (Lipinski definition) is 1. The fourth-order valence-corrected chi connectivity index (χ4v) is 4.18. The second-order valence-corrected chi connectivity index (χ2v) is 8.02. The molecule has 1 aromatic heterocycles. The Kier molecular flexibility index (Phi) is 5.15. The van der Waals surface area contributed by atoms with Gasteiger partial charge in [-0.05, 0) is 55.7 Å². The van der Waals surface area contributed by atoms with Gasteiger partial charge in [-0.15, -0.1) is 0 Å². The number of likely N-dealkylation sites (tertiary alicyclic amines) is 1. The molecule has 142 valence electrons. The molecule has 27 heavy (non-hydrogen) atoms. The lowest BCUT2D eigenvalue weighted by Crippen LogP contribution is -2.36. The predicted molar refractivity (Wildman–Crippen MR) is 107 cm³/mol. The van der Waals surface area contributed by atoms with Gasteiger partial charge in [0.1, 0.15) is 5.69 Å². The lowest BCUT2D eigenvalue weighted by Gasteiger charge is -2.28. The average Bonchev–Trinajstić information content (AvgIpc) is 3.41. The first kappa shape index (κ1) is 18.4. The van der Waals surface area contributed by atoms with E-state index in [0.29, 0.717) is 40.7 Å². The van der Waals surface area contributed by atoms with Crippen molar-refractivity contribution in [2.75, 3.05) is 13.1 Å². The zero-order valence-corrected chi connectivity index (χ0v) is 16.3. The van der Waals surface area contributed by atoms with Crippen LogP contribution >= 0.6 is 23.2 Å². The van der Waals surface area contributed by atoms with Gasteiger partial charge in [-0.2, -0.15) is 5.10 Å². The molecule has 2 heterocycles. The van der Waals surface area contributed by atoms with Crippen molar-refractivity contribution in [3.8, 4) is 5.69 Å². The van der Waals surface area contributed by atoms with Crippen molar-refractivity contribution in [1.82, 2.24) is 14.7 Å². The third-order valence-corrected chi connectivity index (χ3v) is 5.95. The molecule has 0 atom stereocenters. The molecule has 0 spiro atoms. The Morgan fingerprint density at radius 1 is 1.15 bits per heavy atom. The molecular weight excluding hydrogens is 385 g/mol. The van der Waals surface area contributed by atoms with Crippen LogP contribution in [0.1, 0.15) is 42.9 Å². The zero-order valence-electron chi connectivity index (χ0n) is 14.8. The molecule has 1 aromatic carbocycles. The molecule has 1 saturated carbocycles. The second-order valence-electron chi connectivity index (χ2n) is 7.21. The van der Waals surface area contributed by atoms with Crippen molar-refractivity contribution >= 4 is 35.4 Å². The van der Waals surface area contributed by atoms with Gasteiger partial charge in [-0.25, -0.2) is 9.48 Å². The largest absolute Gasteiger partial charge is 0.465 e. The van der Waals surface area contributed by atoms with Gasteiger partial charge < -0.3 is 10.0 Å². The smallest absolute Gasteiger partial charge is 0.407 e. The topological polar surface area (TPSA) is 58.4 Å². The maximum absolute atomic E-state index is 11.1. The Hall–Kier alpha value is -1.98. The van der Waals surface area contributed by atoms with Crippen molar-refractivity contribution in [3.05, 3.63) is 51.8 Å². The molecule has 5 nitrogen and oxygen atoms in total. The summed E-state index contributed by atoms with van der Waals surface area (Å²) >= 11 is 12.8. The van der Waals surface area contributed by atoms with E-state index < -0.39 is 6.09 Å². The van der Waals surface area contributed by atoms with Crippen LogP contribution in [-0.2, 0) is 0 Å². The first-order valence-electron chi connectivity index (χ1n) is 9.23. The highest BCUT2D eigenvalue weighted by atomic mass is 35.5. The molecule has 7 heteroatoms. The summed E-state index contributed by atoms with van der Waals surface area (Å²) in [5.74, 6) is 0.909. The maximum atomic E-state index is 11.1. The quantitative estimate of drug-likeness (QED) is 0.734. The Bertz CT molecular complexity index is 861. The van der Waals surface area contributed by atoms with Crippen molar-refractivity contribution in [2.24, 2.45) is 5.92 Å². The number of rotatable bonds is 4. The summed E-state index contributed by atoms with van der Waals surface area (Å²) in [6, 6.07) is 5.46. The van der Waals surface area contributed by atoms with Crippen LogP contribution in [0.15, 0.2) is 30.5 Å². The van der Waals surface area contributed by atoms with E-state index in [4.69, 9.17) is 28.3 Å². The Morgan fingerprint density at radius 2 is 1.81 bits per heavy atom. The predicted octanol–water partition coefficient (Wildman–Crippen LogP) is 5.46. The zero-order chi connectivity index (χ0) is 19.0. The number of amides is 1. The van der Waals surface area contributed by atoms with Gasteiger partial charge in [-0.1, -0.05) is 35.3 Å². The fourth-order valence-electron chi connectivity index (χ4n) is 3.63. The van der Waals surface area contributed by atoms with Crippen molar-refractivity contribution < 1.29 is 9.90 Å². The van der Waals surface area contributed by atoms with E-state index in [1.54, 1.807) is 0 Å².